The molecule has 1 amide bonds. The predicted molar refractivity (Wildman–Crippen MR) is 119 cm³/mol. The Morgan fingerprint density at radius 3 is 2.74 bits per heavy atom. The number of hydrogen-bond donors (Lipinski definition) is 0. The van der Waals surface area contributed by atoms with Gasteiger partial charge < -0.3 is 4.74 Å². The van der Waals surface area contributed by atoms with Gasteiger partial charge in [0.1, 0.15) is 17.3 Å². The van der Waals surface area contributed by atoms with Crippen LogP contribution in [0.1, 0.15) is 5.69 Å². The van der Waals surface area contributed by atoms with E-state index in [4.69, 9.17) is 4.74 Å². The Bertz CT molecular complexity index is 1330. The number of ether oxygens (including phenoxy) is 1. The molecule has 3 aromatic rings. The second kappa shape index (κ2) is 7.70. The zero-order valence-corrected chi connectivity index (χ0v) is 18.7. The average molecular weight is 479 g/mol. The molecule has 6 rings (SSSR count). The molecular formula is C23H19FN6O3S. The number of carbonyl (C=O) groups is 1. The van der Waals surface area contributed by atoms with Crippen molar-refractivity contribution >= 4 is 22.6 Å². The summed E-state index contributed by atoms with van der Waals surface area (Å²) in [6, 6.07) is 10.5. The summed E-state index contributed by atoms with van der Waals surface area (Å²) in [7, 11) is -0.852. The smallest absolute Gasteiger partial charge is 0.414 e. The van der Waals surface area contributed by atoms with Crippen molar-refractivity contribution < 1.29 is 18.1 Å². The number of hydrogen-bond acceptors (Lipinski definition) is 7. The molecule has 3 aliphatic rings. The summed E-state index contributed by atoms with van der Waals surface area (Å²) in [6.45, 7) is 0.639. The highest BCUT2D eigenvalue weighted by molar-refractivity contribution is 7.85. The van der Waals surface area contributed by atoms with E-state index < -0.39 is 34.2 Å². The Morgan fingerprint density at radius 2 is 2.09 bits per heavy atom. The lowest BCUT2D eigenvalue weighted by Gasteiger charge is -2.15. The molecule has 0 spiro atoms. The van der Waals surface area contributed by atoms with Crippen LogP contribution < -0.4 is 4.90 Å². The SMILES string of the molecule is N#CC1(c2ccc(-c3ccc(N4C[C@H](Cn5ccnn5)OC4=O)cc3F)cn2)[C@@H]2CS(=O)C[C@@H]21. The predicted octanol–water partition coefficient (Wildman–Crippen LogP) is 2.27. The third kappa shape index (κ3) is 3.20. The van der Waals surface area contributed by atoms with Crippen LogP contribution in [0.3, 0.4) is 0 Å². The van der Waals surface area contributed by atoms with Crippen LogP contribution in [0.25, 0.3) is 11.1 Å². The third-order valence-electron chi connectivity index (χ3n) is 6.96. The largest absolute Gasteiger partial charge is 0.442 e. The summed E-state index contributed by atoms with van der Waals surface area (Å²) in [4.78, 5) is 18.2. The van der Waals surface area contributed by atoms with Crippen LogP contribution in [-0.2, 0) is 27.5 Å². The van der Waals surface area contributed by atoms with Crippen LogP contribution in [0.5, 0.6) is 0 Å². The molecular weight excluding hydrogens is 459 g/mol. The second-order valence-electron chi connectivity index (χ2n) is 8.80. The highest BCUT2D eigenvalue weighted by Crippen LogP contribution is 2.62. The number of fused-ring (bicyclic) bond motifs is 1. The zero-order valence-electron chi connectivity index (χ0n) is 17.9. The minimum absolute atomic E-state index is 0.0845. The van der Waals surface area contributed by atoms with E-state index in [0.29, 0.717) is 40.6 Å². The molecule has 3 fully saturated rings. The Labute approximate surface area is 196 Å². The number of benzene rings is 1. The van der Waals surface area contributed by atoms with Gasteiger partial charge in [0, 0.05) is 57.7 Å². The Kier molecular flexibility index (Phi) is 4.74. The van der Waals surface area contributed by atoms with E-state index in [0.717, 1.165) is 0 Å². The van der Waals surface area contributed by atoms with Crippen molar-refractivity contribution in [1.29, 1.82) is 5.26 Å². The Morgan fingerprint density at radius 1 is 1.26 bits per heavy atom. The fraction of sp³-hybridized carbons (Fsp3) is 0.348. The van der Waals surface area contributed by atoms with Gasteiger partial charge in [0.2, 0.25) is 0 Å². The van der Waals surface area contributed by atoms with Crippen LogP contribution >= 0.6 is 0 Å². The van der Waals surface area contributed by atoms with Crippen LogP contribution in [-0.4, -0.2) is 54.4 Å². The number of aromatic nitrogens is 4. The van der Waals surface area contributed by atoms with Gasteiger partial charge in [-0.1, -0.05) is 11.3 Å². The van der Waals surface area contributed by atoms with Gasteiger partial charge in [0.05, 0.1) is 36.7 Å². The standard InChI is InChI=1S/C23H19FN6O3S/c24-20-7-15(30-10-16(33-22(30)31)9-29-6-5-27-28-29)2-3-17(20)14-1-4-21(26-8-14)23(13-25)18-11-34(32)12-19(18)23/h1-8,16,18-19H,9-12H2/t16-,18-,19+,23?,34?/m0/s1. The van der Waals surface area contributed by atoms with Crippen molar-refractivity contribution in [3.8, 4) is 17.2 Å². The molecule has 2 saturated heterocycles. The third-order valence-corrected chi connectivity index (χ3v) is 8.42. The first kappa shape index (κ1) is 20.9. The lowest BCUT2D eigenvalue weighted by atomic mass is 9.97. The summed E-state index contributed by atoms with van der Waals surface area (Å²) in [5, 5.41) is 17.4. The molecule has 2 aliphatic heterocycles. The van der Waals surface area contributed by atoms with Crippen molar-refractivity contribution in [1.82, 2.24) is 20.0 Å². The first-order valence-electron chi connectivity index (χ1n) is 10.8. The lowest BCUT2D eigenvalue weighted by Crippen LogP contribution is -2.26. The number of carbonyl (C=O) groups excluding carboxylic acids is 1. The number of nitriles is 1. The van der Waals surface area contributed by atoms with Crippen molar-refractivity contribution in [2.75, 3.05) is 23.0 Å². The maximum Gasteiger partial charge on any atom is 0.414 e. The molecule has 1 aliphatic carbocycles. The summed E-state index contributed by atoms with van der Waals surface area (Å²) in [5.74, 6) is 0.753. The molecule has 5 atom stereocenters. The minimum atomic E-state index is -0.852. The maximum absolute atomic E-state index is 15.0. The van der Waals surface area contributed by atoms with Crippen LogP contribution in [0.15, 0.2) is 48.9 Å². The van der Waals surface area contributed by atoms with Gasteiger partial charge in [-0.3, -0.25) is 14.1 Å². The number of anilines is 1. The van der Waals surface area contributed by atoms with Gasteiger partial charge in [-0.25, -0.2) is 13.9 Å². The topological polar surface area (TPSA) is 114 Å². The summed E-state index contributed by atoms with van der Waals surface area (Å²) in [5.41, 5.74) is 1.30. The molecule has 2 aromatic heterocycles. The maximum atomic E-state index is 15.0. The van der Waals surface area contributed by atoms with Gasteiger partial charge in [0.25, 0.3) is 0 Å². The van der Waals surface area contributed by atoms with E-state index >= 15 is 4.39 Å². The Hall–Kier alpha value is -3.65. The molecule has 11 heteroatoms. The van der Waals surface area contributed by atoms with Crippen LogP contribution in [0.2, 0.25) is 0 Å². The fourth-order valence-electron chi connectivity index (χ4n) is 5.18. The summed E-state index contributed by atoms with van der Waals surface area (Å²) < 4.78 is 33.7. The molecule has 172 valence electrons. The van der Waals surface area contributed by atoms with E-state index in [1.165, 1.54) is 11.0 Å². The first-order valence-corrected chi connectivity index (χ1v) is 12.3. The zero-order chi connectivity index (χ0) is 23.4. The summed E-state index contributed by atoms with van der Waals surface area (Å²) >= 11 is 0. The van der Waals surface area contributed by atoms with Gasteiger partial charge in [-0.2, -0.15) is 5.26 Å². The minimum Gasteiger partial charge on any atom is -0.442 e. The highest BCUT2D eigenvalue weighted by atomic mass is 32.2. The molecule has 0 bridgehead atoms. The second-order valence-corrected chi connectivity index (χ2v) is 10.4. The molecule has 9 nitrogen and oxygen atoms in total. The Balaban J connectivity index is 1.19. The quantitative estimate of drug-likeness (QED) is 0.553. The number of halogens is 1. The molecule has 0 N–H and O–H groups in total. The fourth-order valence-corrected chi connectivity index (χ4v) is 7.10. The molecule has 2 unspecified atom stereocenters. The molecule has 34 heavy (non-hydrogen) atoms. The molecule has 4 heterocycles. The number of cyclic esters (lactones) is 1. The normalized spacial score (nSPS) is 29.5. The highest BCUT2D eigenvalue weighted by Gasteiger charge is 2.70. The van der Waals surface area contributed by atoms with E-state index in [9.17, 15) is 14.3 Å². The van der Waals surface area contributed by atoms with Crippen molar-refractivity contribution in [2.45, 2.75) is 18.1 Å². The van der Waals surface area contributed by atoms with E-state index in [2.05, 4.69) is 21.4 Å². The van der Waals surface area contributed by atoms with Gasteiger partial charge in [-0.05, 0) is 24.3 Å². The number of nitrogens with zero attached hydrogens (tertiary/aromatic N) is 6. The first-order chi connectivity index (χ1) is 16.5. The van der Waals surface area contributed by atoms with E-state index in [-0.39, 0.29) is 18.4 Å². The van der Waals surface area contributed by atoms with E-state index in [1.807, 2.05) is 0 Å². The van der Waals surface area contributed by atoms with Crippen LogP contribution in [0.4, 0.5) is 14.9 Å². The molecule has 1 saturated carbocycles. The van der Waals surface area contributed by atoms with Crippen molar-refractivity contribution in [3.63, 3.8) is 0 Å². The number of amides is 1. The van der Waals surface area contributed by atoms with Crippen LogP contribution in [0, 0.1) is 29.0 Å². The van der Waals surface area contributed by atoms with Crippen molar-refractivity contribution in [3.05, 3.63) is 60.4 Å². The monoisotopic (exact) mass is 478 g/mol. The molecule has 0 radical (unpaired) electrons. The lowest BCUT2D eigenvalue weighted by molar-refractivity contribution is 0.129. The number of pyridine rings is 1. The molecule has 1 aromatic carbocycles. The van der Waals surface area contributed by atoms with E-state index in [1.54, 1.807) is 47.5 Å². The van der Waals surface area contributed by atoms with Gasteiger partial charge in [0.15, 0.2) is 0 Å². The number of rotatable bonds is 5. The van der Waals surface area contributed by atoms with Gasteiger partial charge >= 0.3 is 6.09 Å². The van der Waals surface area contributed by atoms with Gasteiger partial charge in [-0.15, -0.1) is 5.10 Å². The average Bonchev–Trinajstić information content (AvgIpc) is 3.31. The summed E-state index contributed by atoms with van der Waals surface area (Å²) in [6.07, 6.45) is 3.83. The van der Waals surface area contributed by atoms with Crippen molar-refractivity contribution in [2.24, 2.45) is 11.8 Å².